The van der Waals surface area contributed by atoms with E-state index in [1.807, 2.05) is 30.3 Å². The lowest BCUT2D eigenvalue weighted by Gasteiger charge is -2.18. The molecule has 3 aromatic carbocycles. The molecule has 1 atom stereocenters. The van der Waals surface area contributed by atoms with Gasteiger partial charge in [0.2, 0.25) is 0 Å². The summed E-state index contributed by atoms with van der Waals surface area (Å²) in [4.78, 5) is 30.5. The molecule has 160 valence electrons. The van der Waals surface area contributed by atoms with Crippen LogP contribution in [-0.4, -0.2) is 24.0 Å². The first kappa shape index (κ1) is 21.8. The van der Waals surface area contributed by atoms with Crippen molar-refractivity contribution >= 4 is 46.0 Å². The molecule has 0 saturated heterocycles. The van der Waals surface area contributed by atoms with Gasteiger partial charge < -0.3 is 10.1 Å². The summed E-state index contributed by atoms with van der Waals surface area (Å²) in [5.74, 6) is -0.989. The Bertz CT molecular complexity index is 1310. The van der Waals surface area contributed by atoms with Crippen molar-refractivity contribution in [2.24, 2.45) is 0 Å². The highest BCUT2D eigenvalue weighted by Crippen LogP contribution is 2.30. The molecule has 0 radical (unpaired) electrons. The van der Waals surface area contributed by atoms with Crippen LogP contribution in [0.5, 0.6) is 0 Å². The second-order valence-corrected chi connectivity index (χ2v) is 7.86. The lowest BCUT2D eigenvalue weighted by atomic mass is 10.0. The van der Waals surface area contributed by atoms with Crippen LogP contribution in [0, 0.1) is 0 Å². The molecule has 7 heteroatoms. The van der Waals surface area contributed by atoms with Crippen molar-refractivity contribution in [3.8, 4) is 11.3 Å². The highest BCUT2D eigenvalue weighted by atomic mass is 35.5. The number of nitrogens with one attached hydrogen (secondary N) is 1. The average molecular weight is 465 g/mol. The van der Waals surface area contributed by atoms with Gasteiger partial charge in [0.25, 0.3) is 5.91 Å². The summed E-state index contributed by atoms with van der Waals surface area (Å²) in [6.07, 6.45) is 0. The number of para-hydroxylation sites is 1. The first-order valence-corrected chi connectivity index (χ1v) is 10.5. The van der Waals surface area contributed by atoms with Gasteiger partial charge in [-0.25, -0.2) is 9.78 Å². The Morgan fingerprint density at radius 2 is 1.62 bits per heavy atom. The molecule has 0 unspecified atom stereocenters. The third-order valence-corrected chi connectivity index (χ3v) is 5.76. The van der Waals surface area contributed by atoms with Gasteiger partial charge in [0, 0.05) is 10.9 Å². The van der Waals surface area contributed by atoms with Crippen LogP contribution in [0.2, 0.25) is 10.0 Å². The third kappa shape index (κ3) is 4.44. The summed E-state index contributed by atoms with van der Waals surface area (Å²) in [5, 5.41) is 4.28. The number of benzene rings is 3. The number of methoxy groups -OCH3 is 1. The fourth-order valence-corrected chi connectivity index (χ4v) is 3.72. The SMILES string of the molecule is COC(=O)[C@H](NC(=O)c1cc(-c2ccc(Cl)c(Cl)c2)nc2ccccc12)c1ccccc1. The number of rotatable bonds is 5. The largest absolute Gasteiger partial charge is 0.467 e. The van der Waals surface area contributed by atoms with E-state index in [0.29, 0.717) is 43.3 Å². The van der Waals surface area contributed by atoms with Crippen molar-refractivity contribution in [2.75, 3.05) is 7.11 Å². The number of hydrogen-bond acceptors (Lipinski definition) is 4. The van der Waals surface area contributed by atoms with Crippen LogP contribution >= 0.6 is 23.2 Å². The number of esters is 1. The molecule has 4 rings (SSSR count). The normalized spacial score (nSPS) is 11.7. The molecular formula is C25H18Cl2N2O3. The van der Waals surface area contributed by atoms with Gasteiger partial charge in [0.15, 0.2) is 6.04 Å². The standard InChI is InChI=1S/C25H18Cl2N2O3/c1-32-25(31)23(15-7-3-2-4-8-15)29-24(30)18-14-22(16-11-12-19(26)20(27)13-16)28-21-10-6-5-9-17(18)21/h2-14,23H,1H3,(H,29,30)/t23-/m1/s1. The number of pyridine rings is 1. The second-order valence-electron chi connectivity index (χ2n) is 7.04. The van der Waals surface area contributed by atoms with Gasteiger partial charge in [-0.2, -0.15) is 0 Å². The van der Waals surface area contributed by atoms with Crippen molar-refractivity contribution < 1.29 is 14.3 Å². The zero-order valence-electron chi connectivity index (χ0n) is 17.0. The first-order valence-electron chi connectivity index (χ1n) is 9.77. The van der Waals surface area contributed by atoms with Crippen molar-refractivity contribution in [1.82, 2.24) is 10.3 Å². The average Bonchev–Trinajstić information content (AvgIpc) is 2.83. The fraction of sp³-hybridized carbons (Fsp3) is 0.0800. The minimum absolute atomic E-state index is 0.376. The molecule has 32 heavy (non-hydrogen) atoms. The van der Waals surface area contributed by atoms with Crippen LogP contribution in [0.15, 0.2) is 78.9 Å². The molecule has 5 nitrogen and oxygen atoms in total. The van der Waals surface area contributed by atoms with Gasteiger partial charge in [0.05, 0.1) is 33.9 Å². The van der Waals surface area contributed by atoms with E-state index >= 15 is 0 Å². The number of amides is 1. The van der Waals surface area contributed by atoms with Crippen molar-refractivity contribution in [1.29, 1.82) is 0 Å². The van der Waals surface area contributed by atoms with Crippen LogP contribution in [0.1, 0.15) is 22.0 Å². The van der Waals surface area contributed by atoms with Gasteiger partial charge in [-0.15, -0.1) is 0 Å². The molecule has 1 N–H and O–H groups in total. The zero-order chi connectivity index (χ0) is 22.7. The Morgan fingerprint density at radius 1 is 0.906 bits per heavy atom. The maximum absolute atomic E-state index is 13.4. The first-order chi connectivity index (χ1) is 15.5. The number of halogens is 2. The number of nitrogens with zero attached hydrogens (tertiary/aromatic N) is 1. The van der Waals surface area contributed by atoms with Crippen molar-refractivity contribution in [3.63, 3.8) is 0 Å². The number of fused-ring (bicyclic) bond motifs is 1. The van der Waals surface area contributed by atoms with Gasteiger partial charge in [-0.3, -0.25) is 4.79 Å². The minimum Gasteiger partial charge on any atom is -0.467 e. The number of ether oxygens (including phenoxy) is 1. The summed E-state index contributed by atoms with van der Waals surface area (Å²) >= 11 is 12.2. The monoisotopic (exact) mass is 464 g/mol. The van der Waals surface area contributed by atoms with Crippen LogP contribution in [-0.2, 0) is 9.53 Å². The number of carbonyl (C=O) groups is 2. The Labute approximate surface area is 194 Å². The molecule has 0 fully saturated rings. The van der Waals surface area contributed by atoms with E-state index in [2.05, 4.69) is 10.3 Å². The molecule has 1 aromatic heterocycles. The number of aromatic nitrogens is 1. The molecule has 4 aromatic rings. The minimum atomic E-state index is -0.950. The summed E-state index contributed by atoms with van der Waals surface area (Å²) in [5.41, 5.74) is 2.90. The molecular weight excluding hydrogens is 447 g/mol. The number of carbonyl (C=O) groups excluding carboxylic acids is 2. The molecule has 0 aliphatic rings. The van der Waals surface area contributed by atoms with E-state index in [4.69, 9.17) is 27.9 Å². The van der Waals surface area contributed by atoms with Gasteiger partial charge >= 0.3 is 5.97 Å². The molecule has 1 amide bonds. The molecule has 0 bridgehead atoms. The maximum Gasteiger partial charge on any atom is 0.333 e. The summed E-state index contributed by atoms with van der Waals surface area (Å²) in [7, 11) is 1.29. The van der Waals surface area contributed by atoms with E-state index in [0.717, 1.165) is 0 Å². The Morgan fingerprint density at radius 3 is 2.34 bits per heavy atom. The zero-order valence-corrected chi connectivity index (χ0v) is 18.5. The second kappa shape index (κ2) is 9.39. The van der Waals surface area contributed by atoms with Crippen molar-refractivity contribution in [3.05, 3.63) is 100 Å². The lowest BCUT2D eigenvalue weighted by Crippen LogP contribution is -2.34. The Hall–Kier alpha value is -3.41. The molecule has 0 saturated carbocycles. The lowest BCUT2D eigenvalue weighted by molar-refractivity contribution is -0.143. The highest BCUT2D eigenvalue weighted by Gasteiger charge is 2.25. The van der Waals surface area contributed by atoms with E-state index < -0.39 is 17.9 Å². The topological polar surface area (TPSA) is 68.3 Å². The predicted octanol–water partition coefficient (Wildman–Crippen LogP) is 5.85. The summed E-state index contributed by atoms with van der Waals surface area (Å²) < 4.78 is 4.92. The van der Waals surface area contributed by atoms with E-state index in [9.17, 15) is 9.59 Å². The van der Waals surface area contributed by atoms with Crippen LogP contribution in [0.3, 0.4) is 0 Å². The van der Waals surface area contributed by atoms with E-state index in [-0.39, 0.29) is 0 Å². The fourth-order valence-electron chi connectivity index (χ4n) is 3.42. The van der Waals surface area contributed by atoms with Gasteiger partial charge in [0.1, 0.15) is 0 Å². The Kier molecular flexibility index (Phi) is 6.40. The molecule has 1 heterocycles. The highest BCUT2D eigenvalue weighted by molar-refractivity contribution is 6.42. The van der Waals surface area contributed by atoms with E-state index in [1.54, 1.807) is 48.5 Å². The van der Waals surface area contributed by atoms with Crippen LogP contribution in [0.25, 0.3) is 22.2 Å². The molecule has 0 aliphatic carbocycles. The van der Waals surface area contributed by atoms with E-state index in [1.165, 1.54) is 7.11 Å². The van der Waals surface area contributed by atoms with Gasteiger partial charge in [-0.05, 0) is 29.8 Å². The molecule has 0 spiro atoms. The molecule has 0 aliphatic heterocycles. The smallest absolute Gasteiger partial charge is 0.333 e. The summed E-state index contributed by atoms with van der Waals surface area (Å²) in [6, 6.07) is 22.1. The Balaban J connectivity index is 1.79. The predicted molar refractivity (Wildman–Crippen MR) is 126 cm³/mol. The van der Waals surface area contributed by atoms with Crippen LogP contribution < -0.4 is 5.32 Å². The van der Waals surface area contributed by atoms with Crippen LogP contribution in [0.4, 0.5) is 0 Å². The number of hydrogen-bond donors (Lipinski definition) is 1. The van der Waals surface area contributed by atoms with Gasteiger partial charge in [-0.1, -0.05) is 77.8 Å². The maximum atomic E-state index is 13.4. The quantitative estimate of drug-likeness (QED) is 0.376. The third-order valence-electron chi connectivity index (χ3n) is 5.02. The van der Waals surface area contributed by atoms with Crippen molar-refractivity contribution in [2.45, 2.75) is 6.04 Å². The summed E-state index contributed by atoms with van der Waals surface area (Å²) in [6.45, 7) is 0.